The van der Waals surface area contributed by atoms with E-state index in [-0.39, 0.29) is 17.7 Å². The van der Waals surface area contributed by atoms with Crippen molar-refractivity contribution in [1.82, 2.24) is 5.32 Å². The number of phenols is 1. The van der Waals surface area contributed by atoms with E-state index in [2.05, 4.69) is 19.2 Å². The number of hydrogen-bond donors (Lipinski definition) is 2. The second-order valence-electron chi connectivity index (χ2n) is 4.34. The summed E-state index contributed by atoms with van der Waals surface area (Å²) >= 11 is 0. The van der Waals surface area contributed by atoms with E-state index in [9.17, 15) is 9.90 Å². The monoisotopic (exact) mass is 235 g/mol. The summed E-state index contributed by atoms with van der Waals surface area (Å²) in [5, 5.41) is 12.8. The molecule has 1 aromatic carbocycles. The zero-order valence-corrected chi connectivity index (χ0v) is 10.8. The highest BCUT2D eigenvalue weighted by Gasteiger charge is 2.15. The molecule has 17 heavy (non-hydrogen) atoms. The van der Waals surface area contributed by atoms with E-state index in [1.165, 1.54) is 0 Å². The van der Waals surface area contributed by atoms with Crippen LogP contribution in [0.1, 0.15) is 49.0 Å². The maximum Gasteiger partial charge on any atom is 0.255 e. The van der Waals surface area contributed by atoms with Crippen molar-refractivity contribution in [3.8, 4) is 5.75 Å². The smallest absolute Gasteiger partial charge is 0.255 e. The van der Waals surface area contributed by atoms with Crippen molar-refractivity contribution in [3.05, 3.63) is 29.3 Å². The lowest BCUT2D eigenvalue weighted by Crippen LogP contribution is -2.34. The normalized spacial score (nSPS) is 12.2. The van der Waals surface area contributed by atoms with Crippen LogP contribution >= 0.6 is 0 Å². The van der Waals surface area contributed by atoms with Gasteiger partial charge >= 0.3 is 0 Å². The first-order chi connectivity index (χ1) is 8.10. The van der Waals surface area contributed by atoms with Crippen LogP contribution in [0.25, 0.3) is 0 Å². The summed E-state index contributed by atoms with van der Waals surface area (Å²) in [5.41, 5.74) is 1.08. The Morgan fingerprint density at radius 3 is 2.71 bits per heavy atom. The number of phenolic OH excluding ortho intramolecular Hbond substituents is 1. The summed E-state index contributed by atoms with van der Waals surface area (Å²) in [4.78, 5) is 12.0. The van der Waals surface area contributed by atoms with Gasteiger partial charge in [-0.25, -0.2) is 0 Å². The first-order valence-electron chi connectivity index (χ1n) is 6.19. The molecule has 94 valence electrons. The molecule has 1 rings (SSSR count). The van der Waals surface area contributed by atoms with E-state index in [4.69, 9.17) is 0 Å². The topological polar surface area (TPSA) is 49.3 Å². The van der Waals surface area contributed by atoms with Gasteiger partial charge in [-0.3, -0.25) is 4.79 Å². The molecule has 0 saturated carbocycles. The maximum atomic E-state index is 12.0. The minimum absolute atomic E-state index is 0.0800. The molecule has 0 aliphatic rings. The van der Waals surface area contributed by atoms with Crippen LogP contribution in [0.5, 0.6) is 5.75 Å². The number of carbonyl (C=O) groups is 1. The summed E-state index contributed by atoms with van der Waals surface area (Å²) in [6.45, 7) is 5.94. The van der Waals surface area contributed by atoms with Gasteiger partial charge in [0.2, 0.25) is 0 Å². The van der Waals surface area contributed by atoms with Crippen LogP contribution in [0.15, 0.2) is 18.2 Å². The number of amides is 1. The summed E-state index contributed by atoms with van der Waals surface area (Å²) < 4.78 is 0. The predicted octanol–water partition coefficient (Wildman–Crippen LogP) is 3.01. The second-order valence-corrected chi connectivity index (χ2v) is 4.34. The molecular formula is C14H21NO2. The largest absolute Gasteiger partial charge is 0.507 e. The fourth-order valence-corrected chi connectivity index (χ4v) is 1.83. The van der Waals surface area contributed by atoms with Gasteiger partial charge in [-0.2, -0.15) is 0 Å². The lowest BCUT2D eigenvalue weighted by atomic mass is 10.1. The molecule has 1 atom stereocenters. The van der Waals surface area contributed by atoms with Crippen molar-refractivity contribution in [2.75, 3.05) is 0 Å². The Labute approximate surface area is 103 Å². The first kappa shape index (κ1) is 13.6. The molecule has 2 N–H and O–H groups in total. The number of hydrogen-bond acceptors (Lipinski definition) is 2. The maximum absolute atomic E-state index is 12.0. The number of aryl methyl sites for hydroxylation is 1. The van der Waals surface area contributed by atoms with E-state index in [0.29, 0.717) is 5.56 Å². The van der Waals surface area contributed by atoms with E-state index >= 15 is 0 Å². The van der Waals surface area contributed by atoms with Crippen molar-refractivity contribution in [1.29, 1.82) is 0 Å². The molecule has 0 fully saturated rings. The van der Waals surface area contributed by atoms with E-state index in [0.717, 1.165) is 24.8 Å². The average molecular weight is 235 g/mol. The van der Waals surface area contributed by atoms with Gasteiger partial charge in [0, 0.05) is 6.04 Å². The molecule has 0 heterocycles. The van der Waals surface area contributed by atoms with E-state index in [1.807, 2.05) is 0 Å². The summed E-state index contributed by atoms with van der Waals surface area (Å²) in [7, 11) is 0. The molecule has 0 bridgehead atoms. The van der Waals surface area contributed by atoms with Crippen LogP contribution in [-0.4, -0.2) is 17.1 Å². The van der Waals surface area contributed by atoms with Gasteiger partial charge in [0.1, 0.15) is 5.75 Å². The zero-order valence-electron chi connectivity index (χ0n) is 10.8. The third kappa shape index (κ3) is 3.48. The quantitative estimate of drug-likeness (QED) is 0.824. The van der Waals surface area contributed by atoms with Crippen molar-refractivity contribution in [2.24, 2.45) is 0 Å². The van der Waals surface area contributed by atoms with Gasteiger partial charge in [0.05, 0.1) is 5.56 Å². The highest BCUT2D eigenvalue weighted by molar-refractivity contribution is 5.97. The van der Waals surface area contributed by atoms with Gasteiger partial charge in [-0.1, -0.05) is 32.4 Å². The number of para-hydroxylation sites is 1. The van der Waals surface area contributed by atoms with Gasteiger partial charge in [0.25, 0.3) is 5.91 Å². The average Bonchev–Trinajstić information content (AvgIpc) is 2.31. The second kappa shape index (κ2) is 6.28. The Morgan fingerprint density at radius 2 is 2.12 bits per heavy atom. The van der Waals surface area contributed by atoms with Gasteiger partial charge in [-0.05, 0) is 31.4 Å². The minimum atomic E-state index is -0.188. The Balaban J connectivity index is 2.79. The number of carbonyl (C=O) groups excluding carboxylic acids is 1. The molecule has 0 aliphatic carbocycles. The molecule has 1 amide bonds. The van der Waals surface area contributed by atoms with Crippen LogP contribution in [-0.2, 0) is 0 Å². The summed E-state index contributed by atoms with van der Waals surface area (Å²) in [5.74, 6) is -0.108. The fraction of sp³-hybridized carbons (Fsp3) is 0.500. The van der Waals surface area contributed by atoms with Gasteiger partial charge in [0.15, 0.2) is 0 Å². The Hall–Kier alpha value is -1.51. The molecule has 3 heteroatoms. The van der Waals surface area contributed by atoms with Gasteiger partial charge in [-0.15, -0.1) is 0 Å². The molecule has 0 spiro atoms. The molecule has 0 radical (unpaired) electrons. The molecule has 1 unspecified atom stereocenters. The lowest BCUT2D eigenvalue weighted by Gasteiger charge is -2.16. The van der Waals surface area contributed by atoms with Crippen LogP contribution in [0.4, 0.5) is 0 Å². The SMILES string of the molecule is CCCC(CC)NC(=O)c1cccc(C)c1O. The van der Waals surface area contributed by atoms with Crippen molar-refractivity contribution in [2.45, 2.75) is 46.1 Å². The predicted molar refractivity (Wildman–Crippen MR) is 69.3 cm³/mol. The Bertz CT molecular complexity index is 388. The van der Waals surface area contributed by atoms with Crippen molar-refractivity contribution >= 4 is 5.91 Å². The minimum Gasteiger partial charge on any atom is -0.507 e. The molecular weight excluding hydrogens is 214 g/mol. The van der Waals surface area contributed by atoms with Crippen LogP contribution < -0.4 is 5.32 Å². The zero-order chi connectivity index (χ0) is 12.8. The molecule has 3 nitrogen and oxygen atoms in total. The molecule has 0 saturated heterocycles. The highest BCUT2D eigenvalue weighted by Crippen LogP contribution is 2.21. The first-order valence-corrected chi connectivity index (χ1v) is 6.19. The number of aromatic hydroxyl groups is 1. The number of nitrogens with one attached hydrogen (secondary N) is 1. The van der Waals surface area contributed by atoms with Gasteiger partial charge < -0.3 is 10.4 Å². The summed E-state index contributed by atoms with van der Waals surface area (Å²) in [6, 6.07) is 5.41. The molecule has 1 aromatic rings. The van der Waals surface area contributed by atoms with Crippen molar-refractivity contribution in [3.63, 3.8) is 0 Å². The molecule has 0 aromatic heterocycles. The third-order valence-electron chi connectivity index (χ3n) is 2.95. The highest BCUT2D eigenvalue weighted by atomic mass is 16.3. The standard InChI is InChI=1S/C14H21NO2/c1-4-7-11(5-2)15-14(17)12-9-6-8-10(3)13(12)16/h6,8-9,11,16H,4-5,7H2,1-3H3,(H,15,17). The lowest BCUT2D eigenvalue weighted by molar-refractivity contribution is 0.0931. The summed E-state index contributed by atoms with van der Waals surface area (Å²) in [6.07, 6.45) is 2.92. The Morgan fingerprint density at radius 1 is 1.41 bits per heavy atom. The van der Waals surface area contributed by atoms with E-state index < -0.39 is 0 Å². The van der Waals surface area contributed by atoms with Crippen LogP contribution in [0.2, 0.25) is 0 Å². The number of benzene rings is 1. The van der Waals surface area contributed by atoms with E-state index in [1.54, 1.807) is 25.1 Å². The fourth-order valence-electron chi connectivity index (χ4n) is 1.83. The van der Waals surface area contributed by atoms with Crippen molar-refractivity contribution < 1.29 is 9.90 Å². The van der Waals surface area contributed by atoms with Crippen LogP contribution in [0, 0.1) is 6.92 Å². The molecule has 0 aliphatic heterocycles. The third-order valence-corrected chi connectivity index (χ3v) is 2.95. The number of rotatable bonds is 5. The Kier molecular flexibility index (Phi) is 5.01. The van der Waals surface area contributed by atoms with Crippen LogP contribution in [0.3, 0.4) is 0 Å².